The van der Waals surface area contributed by atoms with Crippen LogP contribution in [0.3, 0.4) is 0 Å². The molecule has 0 aliphatic heterocycles. The van der Waals surface area contributed by atoms with E-state index in [4.69, 9.17) is 11.6 Å². The quantitative estimate of drug-likeness (QED) is 0.598. The molecule has 0 radical (unpaired) electrons. The molecule has 2 heterocycles. The molecule has 0 spiro atoms. The SMILES string of the molecule is Clc1[nH]nc2cnnnc12. The van der Waals surface area contributed by atoms with Gasteiger partial charge < -0.3 is 0 Å². The van der Waals surface area contributed by atoms with Gasteiger partial charge in [0.15, 0.2) is 10.7 Å². The average Bonchev–Trinajstić information content (AvgIpc) is 2.34. The van der Waals surface area contributed by atoms with Gasteiger partial charge in [0.2, 0.25) is 0 Å². The number of hydrogen-bond acceptors (Lipinski definition) is 4. The van der Waals surface area contributed by atoms with Crippen LogP contribution in [-0.4, -0.2) is 25.6 Å². The molecule has 0 aliphatic rings. The van der Waals surface area contributed by atoms with Gasteiger partial charge in [-0.1, -0.05) is 11.6 Å². The summed E-state index contributed by atoms with van der Waals surface area (Å²) in [6.45, 7) is 0. The minimum atomic E-state index is 0.393. The van der Waals surface area contributed by atoms with Crippen LogP contribution in [0.4, 0.5) is 0 Å². The Morgan fingerprint density at radius 3 is 3.20 bits per heavy atom. The lowest BCUT2D eigenvalue weighted by Crippen LogP contribution is -1.83. The molecule has 0 saturated carbocycles. The number of halogens is 1. The van der Waals surface area contributed by atoms with Crippen molar-refractivity contribution in [1.29, 1.82) is 0 Å². The van der Waals surface area contributed by atoms with Gasteiger partial charge in [-0.25, -0.2) is 0 Å². The topological polar surface area (TPSA) is 67.3 Å². The van der Waals surface area contributed by atoms with Crippen molar-refractivity contribution in [2.75, 3.05) is 0 Å². The van der Waals surface area contributed by atoms with Crippen molar-refractivity contribution in [3.8, 4) is 0 Å². The highest BCUT2D eigenvalue weighted by Gasteiger charge is 2.02. The number of rotatable bonds is 0. The molecule has 5 nitrogen and oxygen atoms in total. The van der Waals surface area contributed by atoms with Gasteiger partial charge in [-0.05, 0) is 5.21 Å². The van der Waals surface area contributed by atoms with Gasteiger partial charge in [-0.2, -0.15) is 5.10 Å². The lowest BCUT2D eigenvalue weighted by atomic mass is 10.5. The van der Waals surface area contributed by atoms with Crippen molar-refractivity contribution in [2.45, 2.75) is 0 Å². The fourth-order valence-electron chi connectivity index (χ4n) is 0.664. The Hall–Kier alpha value is -1.23. The standard InChI is InChI=1S/C4H2ClN5/c5-4-3-2(7-9-4)1-6-10-8-3/h1H,(H,7,9). The zero-order chi connectivity index (χ0) is 6.97. The fraction of sp³-hybridized carbons (Fsp3) is 0. The van der Waals surface area contributed by atoms with E-state index in [0.717, 1.165) is 0 Å². The molecular formula is C4H2ClN5. The second kappa shape index (κ2) is 1.88. The number of aromatic nitrogens is 5. The Labute approximate surface area is 60.4 Å². The molecule has 0 bridgehead atoms. The number of hydrogen-bond donors (Lipinski definition) is 1. The van der Waals surface area contributed by atoms with Crippen LogP contribution in [0.1, 0.15) is 0 Å². The van der Waals surface area contributed by atoms with E-state index in [1.54, 1.807) is 0 Å². The van der Waals surface area contributed by atoms with E-state index in [1.165, 1.54) is 6.20 Å². The van der Waals surface area contributed by atoms with Crippen molar-refractivity contribution in [1.82, 2.24) is 25.6 Å². The molecule has 0 unspecified atom stereocenters. The number of nitrogens with one attached hydrogen (secondary N) is 1. The second-order valence-corrected chi connectivity index (χ2v) is 2.08. The predicted octanol–water partition coefficient (Wildman–Crippen LogP) is 0.401. The molecule has 0 fully saturated rings. The second-order valence-electron chi connectivity index (χ2n) is 1.71. The van der Waals surface area contributed by atoms with Crippen molar-refractivity contribution >= 4 is 22.6 Å². The van der Waals surface area contributed by atoms with Crippen LogP contribution in [0.2, 0.25) is 5.15 Å². The van der Waals surface area contributed by atoms with E-state index in [0.29, 0.717) is 16.2 Å². The summed E-state index contributed by atoms with van der Waals surface area (Å²) in [5, 5.41) is 17.3. The molecule has 0 atom stereocenters. The van der Waals surface area contributed by atoms with Gasteiger partial charge in [-0.3, -0.25) is 5.10 Å². The molecular weight excluding hydrogens is 154 g/mol. The monoisotopic (exact) mass is 155 g/mol. The maximum absolute atomic E-state index is 5.62. The van der Waals surface area contributed by atoms with Crippen molar-refractivity contribution < 1.29 is 0 Å². The van der Waals surface area contributed by atoms with Crippen LogP contribution in [0.25, 0.3) is 11.0 Å². The van der Waals surface area contributed by atoms with Crippen LogP contribution in [0, 0.1) is 0 Å². The van der Waals surface area contributed by atoms with E-state index in [-0.39, 0.29) is 0 Å². The molecule has 0 amide bonds. The van der Waals surface area contributed by atoms with E-state index in [9.17, 15) is 0 Å². The van der Waals surface area contributed by atoms with Crippen molar-refractivity contribution in [3.05, 3.63) is 11.3 Å². The van der Waals surface area contributed by atoms with Crippen LogP contribution in [0.5, 0.6) is 0 Å². The van der Waals surface area contributed by atoms with E-state index in [1.807, 2.05) is 0 Å². The molecule has 50 valence electrons. The molecule has 6 heteroatoms. The highest BCUT2D eigenvalue weighted by atomic mass is 35.5. The largest absolute Gasteiger partial charge is 0.265 e. The summed E-state index contributed by atoms with van der Waals surface area (Å²) in [5.74, 6) is 0. The number of fused-ring (bicyclic) bond motifs is 1. The van der Waals surface area contributed by atoms with Crippen LogP contribution < -0.4 is 0 Å². The van der Waals surface area contributed by atoms with Crippen LogP contribution >= 0.6 is 11.6 Å². The van der Waals surface area contributed by atoms with Gasteiger partial charge in [0.25, 0.3) is 0 Å². The van der Waals surface area contributed by atoms with Gasteiger partial charge in [0.1, 0.15) is 5.52 Å². The molecule has 1 N–H and O–H groups in total. The molecule has 2 aromatic heterocycles. The Morgan fingerprint density at radius 1 is 1.50 bits per heavy atom. The van der Waals surface area contributed by atoms with E-state index < -0.39 is 0 Å². The fourth-order valence-corrected chi connectivity index (χ4v) is 0.841. The Balaban J connectivity index is 2.93. The minimum absolute atomic E-state index is 0.393. The van der Waals surface area contributed by atoms with Crippen LogP contribution in [-0.2, 0) is 0 Å². The highest BCUT2D eigenvalue weighted by Crippen LogP contribution is 2.14. The van der Waals surface area contributed by atoms with Crippen molar-refractivity contribution in [3.63, 3.8) is 0 Å². The van der Waals surface area contributed by atoms with Gasteiger partial charge in [-0.15, -0.1) is 10.2 Å². The molecule has 0 aromatic carbocycles. The summed E-state index contributed by atoms with van der Waals surface area (Å²) < 4.78 is 0. The molecule has 10 heavy (non-hydrogen) atoms. The average molecular weight is 156 g/mol. The zero-order valence-corrected chi connectivity index (χ0v) is 5.50. The van der Waals surface area contributed by atoms with Gasteiger partial charge >= 0.3 is 0 Å². The van der Waals surface area contributed by atoms with E-state index in [2.05, 4.69) is 25.6 Å². The van der Waals surface area contributed by atoms with E-state index >= 15 is 0 Å². The first-order valence-electron chi connectivity index (χ1n) is 2.56. The number of aromatic amines is 1. The highest BCUT2D eigenvalue weighted by molar-refractivity contribution is 6.33. The summed E-state index contributed by atoms with van der Waals surface area (Å²) in [7, 11) is 0. The third-order valence-electron chi connectivity index (χ3n) is 1.10. The summed E-state index contributed by atoms with van der Waals surface area (Å²) in [5.41, 5.74) is 1.18. The Bertz CT molecular complexity index is 355. The minimum Gasteiger partial charge on any atom is -0.265 e. The smallest absolute Gasteiger partial charge is 0.153 e. The first-order chi connectivity index (χ1) is 4.88. The summed E-state index contributed by atoms with van der Waals surface area (Å²) >= 11 is 5.62. The lowest BCUT2D eigenvalue weighted by Gasteiger charge is -1.79. The van der Waals surface area contributed by atoms with Gasteiger partial charge in [0.05, 0.1) is 6.20 Å². The third-order valence-corrected chi connectivity index (χ3v) is 1.36. The normalized spacial score (nSPS) is 10.5. The van der Waals surface area contributed by atoms with Crippen molar-refractivity contribution in [2.24, 2.45) is 0 Å². The number of nitrogens with zero attached hydrogens (tertiary/aromatic N) is 4. The lowest BCUT2D eigenvalue weighted by molar-refractivity contribution is 0.894. The Morgan fingerprint density at radius 2 is 2.40 bits per heavy atom. The van der Waals surface area contributed by atoms with Crippen LogP contribution in [0.15, 0.2) is 6.20 Å². The first kappa shape index (κ1) is 5.55. The predicted molar refractivity (Wildman–Crippen MR) is 34.5 cm³/mol. The maximum atomic E-state index is 5.62. The summed E-state index contributed by atoms with van der Waals surface area (Å²) in [6.07, 6.45) is 1.49. The molecule has 2 aromatic rings. The van der Waals surface area contributed by atoms with Gasteiger partial charge in [0, 0.05) is 0 Å². The summed E-state index contributed by atoms with van der Waals surface area (Å²) in [6, 6.07) is 0. The molecule has 0 saturated heterocycles. The summed E-state index contributed by atoms with van der Waals surface area (Å²) in [4.78, 5) is 0. The third kappa shape index (κ3) is 0.640. The maximum Gasteiger partial charge on any atom is 0.153 e. The number of H-pyrrole nitrogens is 1. The molecule has 2 rings (SSSR count). The molecule has 0 aliphatic carbocycles. The Kier molecular flexibility index (Phi) is 1.04. The first-order valence-corrected chi connectivity index (χ1v) is 2.93. The zero-order valence-electron chi connectivity index (χ0n) is 4.74.